The molecule has 0 N–H and O–H groups in total. The van der Waals surface area contributed by atoms with Gasteiger partial charge in [0.15, 0.2) is 0 Å². The summed E-state index contributed by atoms with van der Waals surface area (Å²) in [5.41, 5.74) is 0. The maximum Gasteiger partial charge on any atom is 0.0643 e. The van der Waals surface area contributed by atoms with E-state index < -0.39 is 17.9 Å². The number of carboxylic acids is 3. The van der Waals surface area contributed by atoms with E-state index in [1.807, 2.05) is 0 Å². The molecule has 0 aliphatic carbocycles. The van der Waals surface area contributed by atoms with E-state index in [2.05, 4.69) is 0 Å². The molecule has 0 heterocycles. The van der Waals surface area contributed by atoms with Crippen LogP contribution in [0.4, 0.5) is 0 Å². The first kappa shape index (κ1) is 12.8. The summed E-state index contributed by atoms with van der Waals surface area (Å²) in [5.74, 6) is -4.18. The van der Waals surface area contributed by atoms with Crippen LogP contribution in [0.2, 0.25) is 0 Å². The molecule has 68 valence electrons. The Hall–Kier alpha value is -1.85. The van der Waals surface area contributed by atoms with E-state index in [1.54, 1.807) is 0 Å². The highest BCUT2D eigenvalue weighted by atomic mass is 16.4. The van der Waals surface area contributed by atoms with Crippen LogP contribution in [0, 0.1) is 0 Å². The quantitative estimate of drug-likeness (QED) is 0.390. The average Bonchev–Trinajstić information content (AvgIpc) is 1.82. The Labute approximate surface area is 67.7 Å². The first-order valence-corrected chi connectivity index (χ1v) is 2.64. The van der Waals surface area contributed by atoms with Crippen molar-refractivity contribution < 1.29 is 29.7 Å². The zero-order valence-corrected chi connectivity index (χ0v) is 6.10. The van der Waals surface area contributed by atoms with Crippen LogP contribution in [-0.4, -0.2) is 17.9 Å². The van der Waals surface area contributed by atoms with E-state index in [0.717, 1.165) is 6.92 Å². The van der Waals surface area contributed by atoms with E-state index >= 15 is 0 Å². The van der Waals surface area contributed by atoms with Gasteiger partial charge in [-0.15, -0.1) is 0 Å². The molecule has 0 rings (SSSR count). The molecule has 0 aliphatic rings. The SMILES string of the molecule is CC(=O)[O-].O=C([O-])/C=C/C(=O)[O-]. The van der Waals surface area contributed by atoms with Crippen molar-refractivity contribution in [2.75, 3.05) is 0 Å². The summed E-state index contributed by atoms with van der Waals surface area (Å²) in [5, 5.41) is 27.7. The number of hydrogen-bond donors (Lipinski definition) is 0. The molecule has 0 saturated carbocycles. The van der Waals surface area contributed by atoms with Crippen molar-refractivity contribution in [3.8, 4) is 0 Å². The second-order valence-corrected chi connectivity index (χ2v) is 1.46. The van der Waals surface area contributed by atoms with Gasteiger partial charge < -0.3 is 29.7 Å². The molecule has 0 amide bonds. The fourth-order valence-electron chi connectivity index (χ4n) is 0.136. The largest absolute Gasteiger partial charge is 0.550 e. The van der Waals surface area contributed by atoms with Crippen molar-refractivity contribution in [3.63, 3.8) is 0 Å². The first-order valence-electron chi connectivity index (χ1n) is 2.64. The van der Waals surface area contributed by atoms with Crippen LogP contribution in [0.3, 0.4) is 0 Å². The predicted molar refractivity (Wildman–Crippen MR) is 29.8 cm³/mol. The lowest BCUT2D eigenvalue weighted by molar-refractivity contribution is -0.302. The molecule has 0 unspecified atom stereocenters. The lowest BCUT2D eigenvalue weighted by Gasteiger charge is -1.90. The van der Waals surface area contributed by atoms with Crippen molar-refractivity contribution in [3.05, 3.63) is 12.2 Å². The van der Waals surface area contributed by atoms with Gasteiger partial charge in [0.25, 0.3) is 0 Å². The van der Waals surface area contributed by atoms with Crippen LogP contribution < -0.4 is 15.3 Å². The molecule has 0 fully saturated rings. The van der Waals surface area contributed by atoms with Crippen LogP contribution in [-0.2, 0) is 14.4 Å². The molecular weight excluding hydrogens is 168 g/mol. The minimum atomic E-state index is -1.55. The molecular formula is C6H5O6-3. The zero-order chi connectivity index (χ0) is 10.1. The summed E-state index contributed by atoms with van der Waals surface area (Å²) in [7, 11) is 0. The first-order chi connectivity index (χ1) is 5.36. The summed E-state index contributed by atoms with van der Waals surface area (Å²) in [4.78, 5) is 27.7. The normalized spacial score (nSPS) is 8.42. The van der Waals surface area contributed by atoms with Gasteiger partial charge in [-0.1, -0.05) is 0 Å². The lowest BCUT2D eigenvalue weighted by atomic mass is 10.5. The minimum Gasteiger partial charge on any atom is -0.550 e. The lowest BCUT2D eigenvalue weighted by Crippen LogP contribution is -2.23. The van der Waals surface area contributed by atoms with Crippen molar-refractivity contribution in [2.24, 2.45) is 0 Å². The molecule has 0 bridgehead atoms. The zero-order valence-electron chi connectivity index (χ0n) is 6.10. The third-order valence-electron chi connectivity index (χ3n) is 0.355. The fourth-order valence-corrected chi connectivity index (χ4v) is 0.136. The van der Waals surface area contributed by atoms with Crippen LogP contribution in [0.15, 0.2) is 12.2 Å². The van der Waals surface area contributed by atoms with Gasteiger partial charge >= 0.3 is 0 Å². The van der Waals surface area contributed by atoms with Crippen LogP contribution in [0.25, 0.3) is 0 Å². The van der Waals surface area contributed by atoms with Gasteiger partial charge in [-0.3, -0.25) is 0 Å². The molecule has 0 atom stereocenters. The molecule has 6 heteroatoms. The van der Waals surface area contributed by atoms with Crippen LogP contribution in [0.5, 0.6) is 0 Å². The van der Waals surface area contributed by atoms with Gasteiger partial charge in [0.1, 0.15) is 0 Å². The second-order valence-electron chi connectivity index (χ2n) is 1.46. The maximum absolute atomic E-state index is 9.41. The molecule has 0 saturated heterocycles. The Bertz CT molecular complexity index is 184. The standard InChI is InChI=1S/C4H4O4.C2H4O2/c5-3(6)1-2-4(7)8;1-2(3)4/h1-2H,(H,5,6)(H,7,8);1H3,(H,3,4)/p-3/b2-1+;. The molecule has 0 aromatic rings. The number of carbonyl (C=O) groups excluding carboxylic acids is 3. The Balaban J connectivity index is 0. The number of aliphatic carboxylic acids is 3. The van der Waals surface area contributed by atoms with E-state index in [9.17, 15) is 19.8 Å². The summed E-state index contributed by atoms with van der Waals surface area (Å²) in [6.07, 6.45) is 0.769. The third-order valence-corrected chi connectivity index (χ3v) is 0.355. The molecule has 0 aliphatic heterocycles. The minimum absolute atomic E-state index is 0.384. The fraction of sp³-hybridized carbons (Fsp3) is 0.167. The van der Waals surface area contributed by atoms with E-state index in [1.165, 1.54) is 0 Å². The Morgan fingerprint density at radius 2 is 1.08 bits per heavy atom. The van der Waals surface area contributed by atoms with E-state index in [0.29, 0.717) is 12.2 Å². The third kappa shape index (κ3) is 42.0. The highest BCUT2D eigenvalue weighted by Gasteiger charge is 1.71. The van der Waals surface area contributed by atoms with Gasteiger partial charge in [-0.2, -0.15) is 0 Å². The maximum atomic E-state index is 9.41. The van der Waals surface area contributed by atoms with Gasteiger partial charge in [-0.05, 0) is 19.1 Å². The molecule has 0 spiro atoms. The summed E-state index contributed by atoms with van der Waals surface area (Å²) < 4.78 is 0. The molecule has 0 aromatic heterocycles. The molecule has 0 radical (unpaired) electrons. The number of carbonyl (C=O) groups is 3. The molecule has 12 heavy (non-hydrogen) atoms. The average molecular weight is 173 g/mol. The van der Waals surface area contributed by atoms with Crippen LogP contribution >= 0.6 is 0 Å². The highest BCUT2D eigenvalue weighted by Crippen LogP contribution is 1.64. The van der Waals surface area contributed by atoms with E-state index in [-0.39, 0.29) is 0 Å². The van der Waals surface area contributed by atoms with Crippen molar-refractivity contribution in [1.82, 2.24) is 0 Å². The smallest absolute Gasteiger partial charge is 0.0643 e. The second kappa shape index (κ2) is 7.26. The Morgan fingerprint density at radius 1 is 0.917 bits per heavy atom. The van der Waals surface area contributed by atoms with Crippen molar-refractivity contribution >= 4 is 17.9 Å². The number of hydrogen-bond acceptors (Lipinski definition) is 6. The Morgan fingerprint density at radius 3 is 1.17 bits per heavy atom. The molecule has 6 nitrogen and oxygen atoms in total. The van der Waals surface area contributed by atoms with Crippen LogP contribution in [0.1, 0.15) is 6.92 Å². The summed E-state index contributed by atoms with van der Waals surface area (Å²) >= 11 is 0. The van der Waals surface area contributed by atoms with Gasteiger partial charge in [-0.25, -0.2) is 0 Å². The van der Waals surface area contributed by atoms with Gasteiger partial charge in [0.05, 0.1) is 11.9 Å². The Kier molecular flexibility index (Phi) is 7.74. The van der Waals surface area contributed by atoms with E-state index in [4.69, 9.17) is 9.90 Å². The number of rotatable bonds is 2. The molecule has 0 aromatic carbocycles. The highest BCUT2D eigenvalue weighted by molar-refractivity contribution is 5.87. The monoisotopic (exact) mass is 173 g/mol. The summed E-state index contributed by atoms with van der Waals surface area (Å²) in [6.45, 7) is 0.972. The van der Waals surface area contributed by atoms with Crippen molar-refractivity contribution in [2.45, 2.75) is 6.92 Å². The van der Waals surface area contributed by atoms with Gasteiger partial charge in [0.2, 0.25) is 0 Å². The number of carboxylic acid groups (broad SMARTS) is 3. The van der Waals surface area contributed by atoms with Crippen molar-refractivity contribution in [1.29, 1.82) is 0 Å². The summed E-state index contributed by atoms with van der Waals surface area (Å²) in [6, 6.07) is 0. The topological polar surface area (TPSA) is 120 Å². The predicted octanol–water partition coefficient (Wildman–Crippen LogP) is -4.20. The van der Waals surface area contributed by atoms with Gasteiger partial charge in [0, 0.05) is 5.97 Å².